The van der Waals surface area contributed by atoms with E-state index in [4.69, 9.17) is 0 Å². The number of nitrogens with one attached hydrogen (secondary N) is 2. The summed E-state index contributed by atoms with van der Waals surface area (Å²) in [5, 5.41) is 14.1. The van der Waals surface area contributed by atoms with Gasteiger partial charge in [0.1, 0.15) is 11.6 Å². The number of benzene rings is 2. The Morgan fingerprint density at radius 2 is 2.00 bits per heavy atom. The highest BCUT2D eigenvalue weighted by atomic mass is 79.9. The number of phenolic OH excluding ortho intramolecular Hbond substituents is 1. The van der Waals surface area contributed by atoms with E-state index in [-0.39, 0.29) is 35.2 Å². The van der Waals surface area contributed by atoms with Crippen LogP contribution in [0, 0.1) is 5.82 Å². The van der Waals surface area contributed by atoms with Crippen molar-refractivity contribution in [2.24, 2.45) is 12.1 Å². The number of imidazole rings is 1. The second-order valence-corrected chi connectivity index (χ2v) is 7.63. The number of halogens is 2. The molecule has 0 atom stereocenters. The lowest BCUT2D eigenvalue weighted by molar-refractivity contribution is 0.474. The van der Waals surface area contributed by atoms with Gasteiger partial charge in [0.15, 0.2) is 11.2 Å². The first kappa shape index (κ1) is 20.5. The van der Waals surface area contributed by atoms with Crippen molar-refractivity contribution in [1.29, 1.82) is 0 Å². The molecule has 0 unspecified atom stereocenters. The fraction of sp³-hybridized carbons (Fsp3) is 0.100. The summed E-state index contributed by atoms with van der Waals surface area (Å²) in [6.45, 7) is 0.179. The normalized spacial score (nSPS) is 11.5. The van der Waals surface area contributed by atoms with Crippen molar-refractivity contribution in [1.82, 2.24) is 19.1 Å². The SMILES string of the molecule is Cn1c(=O)[nH]c(=O)c2c1nc(N/N=C/c1cc(Br)ccc1O)n2Cc1ccc(F)cc1. The fourth-order valence-electron chi connectivity index (χ4n) is 3.03. The quantitative estimate of drug-likeness (QED) is 0.296. The van der Waals surface area contributed by atoms with Gasteiger partial charge in [-0.3, -0.25) is 18.9 Å². The molecule has 2 aromatic heterocycles. The van der Waals surface area contributed by atoms with Crippen LogP contribution in [0.15, 0.2) is 61.6 Å². The van der Waals surface area contributed by atoms with Gasteiger partial charge in [0.2, 0.25) is 5.95 Å². The summed E-state index contributed by atoms with van der Waals surface area (Å²) < 4.78 is 16.8. The van der Waals surface area contributed by atoms with Gasteiger partial charge in [-0.2, -0.15) is 10.1 Å². The van der Waals surface area contributed by atoms with Crippen LogP contribution < -0.4 is 16.7 Å². The Labute approximate surface area is 182 Å². The van der Waals surface area contributed by atoms with Crippen molar-refractivity contribution in [3.63, 3.8) is 0 Å². The number of hydrazone groups is 1. The smallest absolute Gasteiger partial charge is 0.329 e. The van der Waals surface area contributed by atoms with E-state index in [9.17, 15) is 19.1 Å². The molecule has 0 saturated heterocycles. The maximum atomic E-state index is 13.3. The first-order chi connectivity index (χ1) is 14.8. The number of phenols is 1. The molecule has 0 aliphatic rings. The number of aromatic nitrogens is 4. The lowest BCUT2D eigenvalue weighted by atomic mass is 10.2. The molecule has 9 nitrogen and oxygen atoms in total. The number of hydrogen-bond acceptors (Lipinski definition) is 6. The molecule has 0 bridgehead atoms. The number of aromatic hydroxyl groups is 1. The van der Waals surface area contributed by atoms with E-state index in [1.54, 1.807) is 28.8 Å². The third-order valence-electron chi connectivity index (χ3n) is 4.62. The molecular formula is C20H16BrFN6O3. The summed E-state index contributed by atoms with van der Waals surface area (Å²) in [4.78, 5) is 31.1. The van der Waals surface area contributed by atoms with Gasteiger partial charge in [-0.15, -0.1) is 0 Å². The summed E-state index contributed by atoms with van der Waals surface area (Å²) in [5.41, 5.74) is 3.05. The number of nitrogens with zero attached hydrogens (tertiary/aromatic N) is 4. The second-order valence-electron chi connectivity index (χ2n) is 6.71. The van der Waals surface area contributed by atoms with Gasteiger partial charge >= 0.3 is 5.69 Å². The monoisotopic (exact) mass is 486 g/mol. The first-order valence-electron chi connectivity index (χ1n) is 9.05. The number of aryl methyl sites for hydroxylation is 1. The summed E-state index contributed by atoms with van der Waals surface area (Å²) in [6, 6.07) is 10.7. The molecule has 0 fully saturated rings. The van der Waals surface area contributed by atoms with E-state index < -0.39 is 11.2 Å². The Bertz CT molecular complexity index is 1420. The summed E-state index contributed by atoms with van der Waals surface area (Å²) >= 11 is 3.33. The number of fused-ring (bicyclic) bond motifs is 1. The van der Waals surface area contributed by atoms with Crippen LogP contribution in [0.5, 0.6) is 5.75 Å². The van der Waals surface area contributed by atoms with Crippen molar-refractivity contribution in [3.8, 4) is 5.75 Å². The molecule has 0 aliphatic heterocycles. The summed E-state index contributed by atoms with van der Waals surface area (Å²) in [7, 11) is 1.49. The molecular weight excluding hydrogens is 471 g/mol. The molecule has 0 aliphatic carbocycles. The number of anilines is 1. The Balaban J connectivity index is 1.78. The average Bonchev–Trinajstić information content (AvgIpc) is 3.09. The van der Waals surface area contributed by atoms with Gasteiger partial charge in [0, 0.05) is 17.1 Å². The molecule has 2 heterocycles. The van der Waals surface area contributed by atoms with Crippen LogP contribution in [-0.2, 0) is 13.6 Å². The number of rotatable bonds is 5. The largest absolute Gasteiger partial charge is 0.507 e. The summed E-state index contributed by atoms with van der Waals surface area (Å²) in [6.07, 6.45) is 1.39. The molecule has 4 aromatic rings. The van der Waals surface area contributed by atoms with E-state index in [1.807, 2.05) is 0 Å². The maximum absolute atomic E-state index is 13.3. The van der Waals surface area contributed by atoms with Crippen molar-refractivity contribution in [3.05, 3.63) is 84.7 Å². The third-order valence-corrected chi connectivity index (χ3v) is 5.11. The average molecular weight is 487 g/mol. The van der Waals surface area contributed by atoms with Gasteiger partial charge in [0.05, 0.1) is 12.8 Å². The number of hydrogen-bond donors (Lipinski definition) is 3. The molecule has 11 heteroatoms. The lowest BCUT2D eigenvalue weighted by Gasteiger charge is -2.08. The molecule has 31 heavy (non-hydrogen) atoms. The Morgan fingerprint density at radius 1 is 1.26 bits per heavy atom. The zero-order chi connectivity index (χ0) is 22.1. The molecule has 4 rings (SSSR count). The van der Waals surface area contributed by atoms with Crippen molar-refractivity contribution in [2.75, 3.05) is 5.43 Å². The van der Waals surface area contributed by atoms with Gasteiger partial charge in [-0.05, 0) is 35.9 Å². The topological polar surface area (TPSA) is 117 Å². The molecule has 2 aromatic carbocycles. The minimum absolute atomic E-state index is 0.0346. The van der Waals surface area contributed by atoms with E-state index >= 15 is 0 Å². The lowest BCUT2D eigenvalue weighted by Crippen LogP contribution is -2.29. The van der Waals surface area contributed by atoms with Gasteiger partial charge in [-0.25, -0.2) is 14.6 Å². The summed E-state index contributed by atoms with van der Waals surface area (Å²) in [5.74, 6) is -0.152. The van der Waals surface area contributed by atoms with Crippen LogP contribution in [0.3, 0.4) is 0 Å². The molecule has 0 saturated carbocycles. The van der Waals surface area contributed by atoms with Crippen LogP contribution >= 0.6 is 15.9 Å². The Hall–Kier alpha value is -3.73. The van der Waals surface area contributed by atoms with Crippen LogP contribution in [0.1, 0.15) is 11.1 Å². The first-order valence-corrected chi connectivity index (χ1v) is 9.84. The van der Waals surface area contributed by atoms with E-state index in [0.29, 0.717) is 11.1 Å². The third kappa shape index (κ3) is 4.12. The predicted molar refractivity (Wildman–Crippen MR) is 118 cm³/mol. The highest BCUT2D eigenvalue weighted by Gasteiger charge is 2.17. The molecule has 0 spiro atoms. The predicted octanol–water partition coefficient (Wildman–Crippen LogP) is 2.52. The molecule has 3 N–H and O–H groups in total. The van der Waals surface area contributed by atoms with Gasteiger partial charge in [-0.1, -0.05) is 28.1 Å². The second kappa shape index (κ2) is 8.19. The van der Waals surface area contributed by atoms with Gasteiger partial charge < -0.3 is 5.11 Å². The van der Waals surface area contributed by atoms with E-state index in [2.05, 4.69) is 36.4 Å². The van der Waals surface area contributed by atoms with Crippen LogP contribution in [0.4, 0.5) is 10.3 Å². The maximum Gasteiger partial charge on any atom is 0.329 e. The standard InChI is InChI=1S/C20H16BrFN6O3/c1-27-17-16(18(30)25-20(27)31)28(10-11-2-5-14(22)6-3-11)19(24-17)26-23-9-12-8-13(21)4-7-15(12)29/h2-9,29H,10H2,1H3,(H,24,26)(H,25,30,31)/b23-9+. The van der Waals surface area contributed by atoms with Crippen molar-refractivity contribution in [2.45, 2.75) is 6.54 Å². The van der Waals surface area contributed by atoms with Crippen molar-refractivity contribution >= 4 is 39.3 Å². The Morgan fingerprint density at radius 3 is 2.74 bits per heavy atom. The van der Waals surface area contributed by atoms with Crippen LogP contribution in [0.25, 0.3) is 11.2 Å². The molecule has 0 amide bonds. The zero-order valence-corrected chi connectivity index (χ0v) is 17.7. The number of H-pyrrole nitrogens is 1. The van der Waals surface area contributed by atoms with E-state index in [0.717, 1.165) is 4.47 Å². The molecule has 158 valence electrons. The highest BCUT2D eigenvalue weighted by Crippen LogP contribution is 2.21. The number of aromatic amines is 1. The van der Waals surface area contributed by atoms with Gasteiger partial charge in [0.25, 0.3) is 5.56 Å². The van der Waals surface area contributed by atoms with Crippen LogP contribution in [0.2, 0.25) is 0 Å². The fourth-order valence-corrected chi connectivity index (χ4v) is 3.41. The Kier molecular flexibility index (Phi) is 5.42. The zero-order valence-electron chi connectivity index (χ0n) is 16.1. The van der Waals surface area contributed by atoms with E-state index in [1.165, 1.54) is 36.0 Å². The van der Waals surface area contributed by atoms with Crippen molar-refractivity contribution < 1.29 is 9.50 Å². The highest BCUT2D eigenvalue weighted by molar-refractivity contribution is 9.10. The molecule has 0 radical (unpaired) electrons. The minimum Gasteiger partial charge on any atom is -0.507 e. The minimum atomic E-state index is -0.602. The van der Waals surface area contributed by atoms with Crippen LogP contribution in [-0.4, -0.2) is 30.4 Å².